The fraction of sp³-hybridized carbons (Fsp3) is 0.429. The van der Waals surface area contributed by atoms with Crippen LogP contribution in [0.25, 0.3) is 0 Å². The summed E-state index contributed by atoms with van der Waals surface area (Å²) in [6.45, 7) is 2.64. The highest BCUT2D eigenvalue weighted by molar-refractivity contribution is 5.74. The minimum absolute atomic E-state index is 0.214. The number of hydrogen-bond acceptors (Lipinski definition) is 3. The van der Waals surface area contributed by atoms with Gasteiger partial charge in [-0.05, 0) is 18.9 Å². The van der Waals surface area contributed by atoms with Gasteiger partial charge < -0.3 is 9.53 Å². The van der Waals surface area contributed by atoms with Gasteiger partial charge in [0.25, 0.3) is 0 Å². The first kappa shape index (κ1) is 12.6. The molecule has 4 nitrogen and oxygen atoms in total. The fourth-order valence-electron chi connectivity index (χ4n) is 2.38. The van der Waals surface area contributed by atoms with E-state index in [4.69, 9.17) is 4.74 Å². The Morgan fingerprint density at radius 2 is 2.17 bits per heavy atom. The van der Waals surface area contributed by atoms with Crippen LogP contribution in [-0.4, -0.2) is 36.5 Å². The molecule has 1 aliphatic rings. The molecule has 0 saturated carbocycles. The van der Waals surface area contributed by atoms with Gasteiger partial charge in [0.2, 0.25) is 0 Å². The van der Waals surface area contributed by atoms with Crippen LogP contribution in [0.3, 0.4) is 0 Å². The Morgan fingerprint density at radius 1 is 1.44 bits per heavy atom. The third kappa shape index (κ3) is 2.53. The van der Waals surface area contributed by atoms with E-state index < -0.39 is 6.09 Å². The number of likely N-dealkylation sites (tertiary alicyclic amines) is 1. The zero-order valence-corrected chi connectivity index (χ0v) is 10.4. The SMILES string of the molecule is CCOC(=O)N1CC(c2ccccc2)CC1C=O. The number of carbonyl (C=O) groups excluding carboxylic acids is 2. The van der Waals surface area contributed by atoms with Crippen LogP contribution in [0.2, 0.25) is 0 Å². The molecule has 1 aromatic carbocycles. The Balaban J connectivity index is 2.11. The maximum Gasteiger partial charge on any atom is 0.410 e. The number of hydrogen-bond donors (Lipinski definition) is 0. The van der Waals surface area contributed by atoms with E-state index in [1.54, 1.807) is 6.92 Å². The van der Waals surface area contributed by atoms with E-state index in [0.29, 0.717) is 19.6 Å². The van der Waals surface area contributed by atoms with Gasteiger partial charge in [-0.3, -0.25) is 4.90 Å². The van der Waals surface area contributed by atoms with Crippen LogP contribution in [0.4, 0.5) is 4.79 Å². The molecule has 1 saturated heterocycles. The highest BCUT2D eigenvalue weighted by Gasteiger charge is 2.36. The van der Waals surface area contributed by atoms with Crippen LogP contribution >= 0.6 is 0 Å². The minimum Gasteiger partial charge on any atom is -0.450 e. The molecule has 1 amide bonds. The summed E-state index contributed by atoms with van der Waals surface area (Å²) >= 11 is 0. The molecule has 96 valence electrons. The van der Waals surface area contributed by atoms with Crippen molar-refractivity contribution in [3.63, 3.8) is 0 Å². The van der Waals surface area contributed by atoms with Crippen molar-refractivity contribution in [1.29, 1.82) is 0 Å². The maximum atomic E-state index is 11.7. The van der Waals surface area contributed by atoms with E-state index in [1.807, 2.05) is 30.3 Å². The third-order valence-electron chi connectivity index (χ3n) is 3.27. The number of rotatable bonds is 3. The molecule has 2 rings (SSSR count). The summed E-state index contributed by atoms with van der Waals surface area (Å²) in [5, 5.41) is 0. The Hall–Kier alpha value is -1.84. The molecule has 0 aliphatic carbocycles. The van der Waals surface area contributed by atoms with Crippen LogP contribution in [-0.2, 0) is 9.53 Å². The molecule has 0 spiro atoms. The predicted molar refractivity (Wildman–Crippen MR) is 67.4 cm³/mol. The molecule has 4 heteroatoms. The number of benzene rings is 1. The highest BCUT2D eigenvalue weighted by Crippen LogP contribution is 2.31. The molecule has 1 heterocycles. The van der Waals surface area contributed by atoms with Crippen LogP contribution in [0, 0.1) is 0 Å². The van der Waals surface area contributed by atoms with Gasteiger partial charge >= 0.3 is 6.09 Å². The standard InChI is InChI=1S/C14H17NO3/c1-2-18-14(17)15-9-12(8-13(15)10-16)11-6-4-3-5-7-11/h3-7,10,12-13H,2,8-9H2,1H3. The number of nitrogens with zero attached hydrogens (tertiary/aromatic N) is 1. The Kier molecular flexibility index (Phi) is 3.97. The number of ether oxygens (including phenoxy) is 1. The molecule has 18 heavy (non-hydrogen) atoms. The summed E-state index contributed by atoms with van der Waals surface area (Å²) < 4.78 is 4.97. The summed E-state index contributed by atoms with van der Waals surface area (Å²) in [4.78, 5) is 24.3. The largest absolute Gasteiger partial charge is 0.450 e. The Bertz CT molecular complexity index is 418. The van der Waals surface area contributed by atoms with E-state index >= 15 is 0 Å². The number of carbonyl (C=O) groups is 2. The number of aldehydes is 1. The van der Waals surface area contributed by atoms with Gasteiger partial charge in [-0.1, -0.05) is 30.3 Å². The molecule has 1 aromatic rings. The van der Waals surface area contributed by atoms with Crippen molar-refractivity contribution < 1.29 is 14.3 Å². The molecule has 0 N–H and O–H groups in total. The first-order valence-electron chi connectivity index (χ1n) is 6.20. The first-order chi connectivity index (χ1) is 8.76. The van der Waals surface area contributed by atoms with Gasteiger partial charge in [-0.25, -0.2) is 4.79 Å². The van der Waals surface area contributed by atoms with E-state index in [0.717, 1.165) is 11.8 Å². The molecule has 0 bridgehead atoms. The van der Waals surface area contributed by atoms with Gasteiger partial charge in [0, 0.05) is 12.5 Å². The van der Waals surface area contributed by atoms with Crippen molar-refractivity contribution in [1.82, 2.24) is 4.90 Å². The molecular formula is C14H17NO3. The van der Waals surface area contributed by atoms with Crippen molar-refractivity contribution in [2.24, 2.45) is 0 Å². The van der Waals surface area contributed by atoms with Gasteiger partial charge in [0.05, 0.1) is 12.6 Å². The fourth-order valence-corrected chi connectivity index (χ4v) is 2.38. The van der Waals surface area contributed by atoms with Crippen molar-refractivity contribution in [2.75, 3.05) is 13.2 Å². The second-order valence-corrected chi connectivity index (χ2v) is 4.40. The predicted octanol–water partition coefficient (Wildman–Crippen LogP) is 2.20. The lowest BCUT2D eigenvalue weighted by Crippen LogP contribution is -2.36. The van der Waals surface area contributed by atoms with Crippen LogP contribution in [0.1, 0.15) is 24.8 Å². The lowest BCUT2D eigenvalue weighted by molar-refractivity contribution is -0.111. The summed E-state index contributed by atoms with van der Waals surface area (Å²) in [5.74, 6) is 0.214. The Labute approximate surface area is 107 Å². The smallest absolute Gasteiger partial charge is 0.410 e. The quantitative estimate of drug-likeness (QED) is 0.769. The van der Waals surface area contributed by atoms with Crippen molar-refractivity contribution in [2.45, 2.75) is 25.3 Å². The number of amides is 1. The molecule has 1 fully saturated rings. The minimum atomic E-state index is -0.395. The summed E-state index contributed by atoms with van der Waals surface area (Å²) in [5.41, 5.74) is 1.16. The van der Waals surface area contributed by atoms with Crippen molar-refractivity contribution in [3.8, 4) is 0 Å². The van der Waals surface area contributed by atoms with E-state index in [-0.39, 0.29) is 12.0 Å². The molecule has 1 aliphatic heterocycles. The average Bonchev–Trinajstić information content (AvgIpc) is 2.84. The molecular weight excluding hydrogens is 230 g/mol. The average molecular weight is 247 g/mol. The van der Waals surface area contributed by atoms with Crippen molar-refractivity contribution in [3.05, 3.63) is 35.9 Å². The zero-order valence-electron chi connectivity index (χ0n) is 10.4. The summed E-state index contributed by atoms with van der Waals surface area (Å²) in [6, 6.07) is 9.59. The van der Waals surface area contributed by atoms with Gasteiger partial charge in [0.15, 0.2) is 0 Å². The van der Waals surface area contributed by atoms with Gasteiger partial charge in [0.1, 0.15) is 6.29 Å². The third-order valence-corrected chi connectivity index (χ3v) is 3.27. The Morgan fingerprint density at radius 3 is 2.78 bits per heavy atom. The molecule has 0 aromatic heterocycles. The zero-order chi connectivity index (χ0) is 13.0. The lowest BCUT2D eigenvalue weighted by Gasteiger charge is -2.19. The molecule has 2 unspecified atom stereocenters. The normalized spacial score (nSPS) is 22.8. The second kappa shape index (κ2) is 5.67. The highest BCUT2D eigenvalue weighted by atomic mass is 16.6. The summed E-state index contributed by atoms with van der Waals surface area (Å²) in [7, 11) is 0. The maximum absolute atomic E-state index is 11.7. The molecule has 0 radical (unpaired) electrons. The second-order valence-electron chi connectivity index (χ2n) is 4.40. The van der Waals surface area contributed by atoms with Crippen LogP contribution in [0.5, 0.6) is 0 Å². The van der Waals surface area contributed by atoms with Gasteiger partial charge in [-0.15, -0.1) is 0 Å². The molecule has 2 atom stereocenters. The lowest BCUT2D eigenvalue weighted by atomic mass is 9.97. The van der Waals surface area contributed by atoms with E-state index in [1.165, 1.54) is 4.90 Å². The van der Waals surface area contributed by atoms with Crippen LogP contribution < -0.4 is 0 Å². The first-order valence-corrected chi connectivity index (χ1v) is 6.20. The van der Waals surface area contributed by atoms with Gasteiger partial charge in [-0.2, -0.15) is 0 Å². The monoisotopic (exact) mass is 247 g/mol. The van der Waals surface area contributed by atoms with Crippen molar-refractivity contribution >= 4 is 12.4 Å². The van der Waals surface area contributed by atoms with E-state index in [9.17, 15) is 9.59 Å². The van der Waals surface area contributed by atoms with Crippen LogP contribution in [0.15, 0.2) is 30.3 Å². The summed E-state index contributed by atoms with van der Waals surface area (Å²) in [6.07, 6.45) is 1.11. The topological polar surface area (TPSA) is 46.6 Å². The van der Waals surface area contributed by atoms with E-state index in [2.05, 4.69) is 0 Å².